The zero-order valence-electron chi connectivity index (χ0n) is 7.13. The number of esters is 1. The summed E-state index contributed by atoms with van der Waals surface area (Å²) in [6, 6.07) is 0. The highest BCUT2D eigenvalue weighted by atomic mass is 16.5. The zero-order valence-corrected chi connectivity index (χ0v) is 7.13. The Labute approximate surface area is 66.3 Å². The number of carbonyl (C=O) groups is 1. The van der Waals surface area contributed by atoms with Crippen LogP contribution in [0.2, 0.25) is 0 Å². The molecule has 0 saturated carbocycles. The highest BCUT2D eigenvalue weighted by molar-refractivity contribution is 5.78. The third kappa shape index (κ3) is 3.34. The van der Waals surface area contributed by atoms with Crippen LogP contribution in [0.4, 0.5) is 0 Å². The van der Waals surface area contributed by atoms with E-state index in [1.165, 1.54) is 7.11 Å². The lowest BCUT2D eigenvalue weighted by Crippen LogP contribution is -2.49. The van der Waals surface area contributed by atoms with Crippen LogP contribution in [0.1, 0.15) is 20.3 Å². The minimum absolute atomic E-state index is 0.157. The Bertz CT molecular complexity index is 143. The third-order valence-corrected chi connectivity index (χ3v) is 1.26. The van der Waals surface area contributed by atoms with E-state index in [2.05, 4.69) is 4.74 Å². The molecule has 0 rings (SSSR count). The SMILES string of the molecule is COC(=O)C(N)(O)CC(C)C. The molecule has 4 nitrogen and oxygen atoms in total. The minimum Gasteiger partial charge on any atom is -0.466 e. The average Bonchev–Trinajstić information content (AvgIpc) is 1.83. The average molecular weight is 161 g/mol. The minimum atomic E-state index is -1.83. The highest BCUT2D eigenvalue weighted by Gasteiger charge is 2.32. The molecule has 1 unspecified atom stereocenters. The number of carbonyl (C=O) groups excluding carboxylic acids is 1. The van der Waals surface area contributed by atoms with Crippen LogP contribution in [0.3, 0.4) is 0 Å². The van der Waals surface area contributed by atoms with Gasteiger partial charge in [-0.25, -0.2) is 4.79 Å². The molecule has 0 amide bonds. The molecule has 0 aromatic heterocycles. The topological polar surface area (TPSA) is 72.5 Å². The lowest BCUT2D eigenvalue weighted by Gasteiger charge is -2.21. The molecule has 0 aliphatic rings. The van der Waals surface area contributed by atoms with E-state index in [1.54, 1.807) is 0 Å². The van der Waals surface area contributed by atoms with Crippen LogP contribution in [0.15, 0.2) is 0 Å². The molecule has 0 heterocycles. The molecule has 3 N–H and O–H groups in total. The first-order chi connectivity index (χ1) is 4.90. The Balaban J connectivity index is 4.09. The molecule has 0 aliphatic carbocycles. The van der Waals surface area contributed by atoms with E-state index in [0.29, 0.717) is 0 Å². The number of rotatable bonds is 3. The second kappa shape index (κ2) is 3.69. The molecule has 0 fully saturated rings. The molecule has 66 valence electrons. The predicted molar refractivity (Wildman–Crippen MR) is 40.6 cm³/mol. The second-order valence-corrected chi connectivity index (χ2v) is 3.01. The van der Waals surface area contributed by atoms with Gasteiger partial charge in [-0.3, -0.25) is 5.73 Å². The van der Waals surface area contributed by atoms with Crippen LogP contribution in [0.5, 0.6) is 0 Å². The number of ether oxygens (including phenoxy) is 1. The zero-order chi connectivity index (χ0) is 9.07. The van der Waals surface area contributed by atoms with Gasteiger partial charge in [0.25, 0.3) is 0 Å². The predicted octanol–water partition coefficient (Wildman–Crippen LogP) is -0.147. The van der Waals surface area contributed by atoms with Gasteiger partial charge in [-0.2, -0.15) is 0 Å². The van der Waals surface area contributed by atoms with Crippen LogP contribution in [-0.2, 0) is 9.53 Å². The van der Waals surface area contributed by atoms with Crippen molar-refractivity contribution in [2.45, 2.75) is 26.0 Å². The van der Waals surface area contributed by atoms with Gasteiger partial charge in [0, 0.05) is 6.42 Å². The van der Waals surface area contributed by atoms with E-state index >= 15 is 0 Å². The van der Waals surface area contributed by atoms with Crippen molar-refractivity contribution in [3.8, 4) is 0 Å². The fourth-order valence-electron chi connectivity index (χ4n) is 0.882. The summed E-state index contributed by atoms with van der Waals surface area (Å²) in [6.45, 7) is 3.72. The van der Waals surface area contributed by atoms with Gasteiger partial charge in [0.2, 0.25) is 5.72 Å². The van der Waals surface area contributed by atoms with Crippen LogP contribution >= 0.6 is 0 Å². The Morgan fingerprint density at radius 2 is 2.18 bits per heavy atom. The summed E-state index contributed by atoms with van der Waals surface area (Å²) < 4.78 is 4.30. The molecule has 0 bridgehead atoms. The first kappa shape index (κ1) is 10.4. The van der Waals surface area contributed by atoms with Gasteiger partial charge in [0.15, 0.2) is 0 Å². The Morgan fingerprint density at radius 1 is 1.73 bits per heavy atom. The van der Waals surface area contributed by atoms with Gasteiger partial charge in [-0.1, -0.05) is 13.8 Å². The van der Waals surface area contributed by atoms with Crippen molar-refractivity contribution in [1.82, 2.24) is 0 Å². The summed E-state index contributed by atoms with van der Waals surface area (Å²) in [4.78, 5) is 10.8. The van der Waals surface area contributed by atoms with Crippen LogP contribution in [0, 0.1) is 5.92 Å². The fourth-order valence-corrected chi connectivity index (χ4v) is 0.882. The molecule has 4 heteroatoms. The number of methoxy groups -OCH3 is 1. The monoisotopic (exact) mass is 161 g/mol. The quantitative estimate of drug-likeness (QED) is 0.446. The molecule has 0 radical (unpaired) electrons. The summed E-state index contributed by atoms with van der Waals surface area (Å²) in [5, 5.41) is 9.26. The van der Waals surface area contributed by atoms with E-state index < -0.39 is 11.7 Å². The van der Waals surface area contributed by atoms with Gasteiger partial charge in [0.05, 0.1) is 7.11 Å². The maximum atomic E-state index is 10.8. The summed E-state index contributed by atoms with van der Waals surface area (Å²) in [7, 11) is 1.19. The van der Waals surface area contributed by atoms with E-state index in [-0.39, 0.29) is 12.3 Å². The second-order valence-electron chi connectivity index (χ2n) is 3.01. The number of hydrogen-bond donors (Lipinski definition) is 2. The summed E-state index contributed by atoms with van der Waals surface area (Å²) in [5.74, 6) is -0.629. The summed E-state index contributed by atoms with van der Waals surface area (Å²) in [6.07, 6.45) is 0.208. The van der Waals surface area contributed by atoms with E-state index in [1.807, 2.05) is 13.8 Å². The molecule has 0 aromatic carbocycles. The number of nitrogens with two attached hydrogens (primary N) is 1. The van der Waals surface area contributed by atoms with Crippen molar-refractivity contribution in [1.29, 1.82) is 0 Å². The smallest absolute Gasteiger partial charge is 0.353 e. The normalized spacial score (nSPS) is 16.2. The van der Waals surface area contributed by atoms with Crippen molar-refractivity contribution in [2.24, 2.45) is 11.7 Å². The molecule has 0 aromatic rings. The van der Waals surface area contributed by atoms with Crippen molar-refractivity contribution in [3.05, 3.63) is 0 Å². The maximum Gasteiger partial charge on any atom is 0.353 e. The summed E-state index contributed by atoms with van der Waals surface area (Å²) >= 11 is 0. The van der Waals surface area contributed by atoms with Crippen molar-refractivity contribution < 1.29 is 14.6 Å². The summed E-state index contributed by atoms with van der Waals surface area (Å²) in [5.41, 5.74) is 3.42. The van der Waals surface area contributed by atoms with Gasteiger partial charge in [-0.05, 0) is 5.92 Å². The first-order valence-corrected chi connectivity index (χ1v) is 3.50. The third-order valence-electron chi connectivity index (χ3n) is 1.26. The van der Waals surface area contributed by atoms with Gasteiger partial charge >= 0.3 is 5.97 Å². The van der Waals surface area contributed by atoms with Gasteiger partial charge < -0.3 is 9.84 Å². The van der Waals surface area contributed by atoms with Crippen molar-refractivity contribution in [2.75, 3.05) is 7.11 Å². The Hall–Kier alpha value is -0.610. The standard InChI is InChI=1S/C7H15NO3/c1-5(2)4-7(8,10)6(9)11-3/h5,10H,4,8H2,1-3H3. The first-order valence-electron chi connectivity index (χ1n) is 3.50. The van der Waals surface area contributed by atoms with Crippen LogP contribution in [-0.4, -0.2) is 23.9 Å². The van der Waals surface area contributed by atoms with E-state index in [9.17, 15) is 9.90 Å². The van der Waals surface area contributed by atoms with Crippen molar-refractivity contribution in [3.63, 3.8) is 0 Å². The largest absolute Gasteiger partial charge is 0.466 e. The number of aliphatic hydroxyl groups is 1. The van der Waals surface area contributed by atoms with E-state index in [0.717, 1.165) is 0 Å². The molecule has 0 saturated heterocycles. The van der Waals surface area contributed by atoms with Crippen LogP contribution in [0.25, 0.3) is 0 Å². The molecule has 0 aliphatic heterocycles. The molecular weight excluding hydrogens is 146 g/mol. The van der Waals surface area contributed by atoms with E-state index in [4.69, 9.17) is 5.73 Å². The van der Waals surface area contributed by atoms with Crippen LogP contribution < -0.4 is 5.73 Å². The molecule has 11 heavy (non-hydrogen) atoms. The van der Waals surface area contributed by atoms with Gasteiger partial charge in [-0.15, -0.1) is 0 Å². The molecular formula is C7H15NO3. The Kier molecular flexibility index (Phi) is 3.48. The maximum absolute atomic E-state index is 10.8. The number of hydrogen-bond acceptors (Lipinski definition) is 4. The van der Waals surface area contributed by atoms with Gasteiger partial charge in [0.1, 0.15) is 0 Å². The highest BCUT2D eigenvalue weighted by Crippen LogP contribution is 2.12. The molecule has 0 spiro atoms. The fraction of sp³-hybridized carbons (Fsp3) is 0.857. The lowest BCUT2D eigenvalue weighted by molar-refractivity contribution is -0.163. The Morgan fingerprint density at radius 3 is 2.45 bits per heavy atom. The molecule has 1 atom stereocenters. The van der Waals surface area contributed by atoms with Crippen molar-refractivity contribution >= 4 is 5.97 Å². The lowest BCUT2D eigenvalue weighted by atomic mass is 10.0.